The number of hydrogen-bond acceptors (Lipinski definition) is 1. The standard InChI is InChI=1S/C20H13NS/c1-2-4-13(5-3-1)14-6-7-19-16(10-14)17-12-18-15(8-9-21-18)11-20(17)22-19/h1-12,21H. The number of aromatic amines is 1. The van der Waals surface area contributed by atoms with Crippen molar-refractivity contribution in [2.75, 3.05) is 0 Å². The molecular formula is C20H13NS. The first kappa shape index (κ1) is 12.0. The van der Waals surface area contributed by atoms with Crippen LogP contribution in [-0.2, 0) is 0 Å². The number of nitrogens with one attached hydrogen (secondary N) is 1. The molecule has 0 aliphatic heterocycles. The molecule has 22 heavy (non-hydrogen) atoms. The van der Waals surface area contributed by atoms with Gasteiger partial charge in [-0.2, -0.15) is 0 Å². The van der Waals surface area contributed by atoms with E-state index in [2.05, 4.69) is 71.7 Å². The smallest absolute Gasteiger partial charge is 0.0461 e. The van der Waals surface area contributed by atoms with Gasteiger partial charge in [-0.15, -0.1) is 11.3 Å². The fourth-order valence-electron chi connectivity index (χ4n) is 3.13. The van der Waals surface area contributed by atoms with Crippen LogP contribution in [0.4, 0.5) is 0 Å². The van der Waals surface area contributed by atoms with Crippen molar-refractivity contribution in [2.45, 2.75) is 0 Å². The van der Waals surface area contributed by atoms with E-state index < -0.39 is 0 Å². The molecule has 0 atom stereocenters. The highest BCUT2D eigenvalue weighted by Crippen LogP contribution is 2.38. The van der Waals surface area contributed by atoms with Crippen molar-refractivity contribution in [3.05, 3.63) is 72.9 Å². The van der Waals surface area contributed by atoms with E-state index in [1.807, 2.05) is 17.5 Å². The predicted molar refractivity (Wildman–Crippen MR) is 96.6 cm³/mol. The van der Waals surface area contributed by atoms with Crippen LogP contribution in [0.2, 0.25) is 0 Å². The van der Waals surface area contributed by atoms with Gasteiger partial charge in [-0.1, -0.05) is 36.4 Å². The molecule has 5 aromatic rings. The molecule has 0 aliphatic rings. The molecule has 0 unspecified atom stereocenters. The second kappa shape index (κ2) is 4.46. The number of rotatable bonds is 1. The molecule has 0 fully saturated rings. The van der Waals surface area contributed by atoms with Gasteiger partial charge in [-0.3, -0.25) is 0 Å². The highest BCUT2D eigenvalue weighted by atomic mass is 32.1. The van der Waals surface area contributed by atoms with Crippen LogP contribution < -0.4 is 0 Å². The molecule has 0 spiro atoms. The number of aromatic nitrogens is 1. The lowest BCUT2D eigenvalue weighted by atomic mass is 10.0. The van der Waals surface area contributed by atoms with Crippen LogP contribution >= 0.6 is 11.3 Å². The molecule has 2 heterocycles. The lowest BCUT2D eigenvalue weighted by Crippen LogP contribution is -1.76. The summed E-state index contributed by atoms with van der Waals surface area (Å²) in [5, 5.41) is 3.97. The molecule has 0 amide bonds. The monoisotopic (exact) mass is 299 g/mol. The van der Waals surface area contributed by atoms with Gasteiger partial charge < -0.3 is 4.98 Å². The van der Waals surface area contributed by atoms with Gasteiger partial charge >= 0.3 is 0 Å². The van der Waals surface area contributed by atoms with E-state index in [0.29, 0.717) is 0 Å². The maximum absolute atomic E-state index is 3.32. The second-order valence-electron chi connectivity index (χ2n) is 5.59. The Morgan fingerprint density at radius 1 is 0.682 bits per heavy atom. The van der Waals surface area contributed by atoms with Crippen LogP contribution in [0, 0.1) is 0 Å². The van der Waals surface area contributed by atoms with E-state index in [4.69, 9.17) is 0 Å². The first-order valence-electron chi connectivity index (χ1n) is 7.37. The van der Waals surface area contributed by atoms with E-state index in [0.717, 1.165) is 0 Å². The second-order valence-corrected chi connectivity index (χ2v) is 6.68. The number of benzene rings is 3. The van der Waals surface area contributed by atoms with Gasteiger partial charge in [0.2, 0.25) is 0 Å². The van der Waals surface area contributed by atoms with Crippen molar-refractivity contribution in [1.82, 2.24) is 4.98 Å². The molecule has 0 saturated carbocycles. The minimum absolute atomic E-state index is 1.21. The fraction of sp³-hybridized carbons (Fsp3) is 0. The van der Waals surface area contributed by atoms with Crippen molar-refractivity contribution >= 4 is 42.4 Å². The summed E-state index contributed by atoms with van der Waals surface area (Å²) in [6.07, 6.45) is 2.01. The minimum atomic E-state index is 1.21. The van der Waals surface area contributed by atoms with Crippen molar-refractivity contribution in [2.24, 2.45) is 0 Å². The fourth-order valence-corrected chi connectivity index (χ4v) is 4.25. The van der Waals surface area contributed by atoms with Crippen LogP contribution in [0.3, 0.4) is 0 Å². The van der Waals surface area contributed by atoms with Gasteiger partial charge in [0.1, 0.15) is 0 Å². The van der Waals surface area contributed by atoms with Gasteiger partial charge in [-0.05, 0) is 41.5 Å². The molecule has 5 rings (SSSR count). The SMILES string of the molecule is c1ccc(-c2ccc3sc4cc5cc[nH]c5cc4c3c2)cc1. The Bertz CT molecular complexity index is 1120. The number of thiophene rings is 1. The van der Waals surface area contributed by atoms with Crippen molar-refractivity contribution in [3.8, 4) is 11.1 Å². The lowest BCUT2D eigenvalue weighted by Gasteiger charge is -2.01. The molecule has 0 aliphatic carbocycles. The topological polar surface area (TPSA) is 15.8 Å². The van der Waals surface area contributed by atoms with E-state index in [1.54, 1.807) is 0 Å². The Balaban J connectivity index is 1.84. The maximum Gasteiger partial charge on any atom is 0.0461 e. The number of fused-ring (bicyclic) bond motifs is 4. The molecule has 0 radical (unpaired) electrons. The molecule has 3 aromatic carbocycles. The summed E-state index contributed by atoms with van der Waals surface area (Å²) >= 11 is 1.87. The summed E-state index contributed by atoms with van der Waals surface area (Å²) < 4.78 is 2.70. The van der Waals surface area contributed by atoms with E-state index >= 15 is 0 Å². The molecule has 2 aromatic heterocycles. The molecule has 2 heteroatoms. The zero-order chi connectivity index (χ0) is 14.5. The Hall–Kier alpha value is -2.58. The largest absolute Gasteiger partial charge is 0.361 e. The zero-order valence-corrected chi connectivity index (χ0v) is 12.7. The lowest BCUT2D eigenvalue weighted by molar-refractivity contribution is 1.48. The summed E-state index contributed by atoms with van der Waals surface area (Å²) in [5.74, 6) is 0. The van der Waals surface area contributed by atoms with E-state index in [1.165, 1.54) is 42.2 Å². The average Bonchev–Trinajstić information content (AvgIpc) is 3.16. The summed E-state index contributed by atoms with van der Waals surface area (Å²) in [5.41, 5.74) is 3.75. The molecule has 104 valence electrons. The quantitative estimate of drug-likeness (QED) is 0.379. The summed E-state index contributed by atoms with van der Waals surface area (Å²) in [4.78, 5) is 3.32. The van der Waals surface area contributed by atoms with Gasteiger partial charge in [0.05, 0.1) is 0 Å². The highest BCUT2D eigenvalue weighted by molar-refractivity contribution is 7.25. The first-order chi connectivity index (χ1) is 10.9. The van der Waals surface area contributed by atoms with Crippen LogP contribution in [-0.4, -0.2) is 4.98 Å². The van der Waals surface area contributed by atoms with Gasteiger partial charge in [-0.25, -0.2) is 0 Å². The van der Waals surface area contributed by atoms with Gasteiger partial charge in [0.25, 0.3) is 0 Å². The number of H-pyrrole nitrogens is 1. The average molecular weight is 299 g/mol. The molecule has 0 bridgehead atoms. The predicted octanol–water partition coefficient (Wildman–Crippen LogP) is 6.20. The van der Waals surface area contributed by atoms with Crippen molar-refractivity contribution in [3.63, 3.8) is 0 Å². The van der Waals surface area contributed by atoms with Crippen LogP contribution in [0.5, 0.6) is 0 Å². The zero-order valence-electron chi connectivity index (χ0n) is 11.8. The third-order valence-corrected chi connectivity index (χ3v) is 5.38. The van der Waals surface area contributed by atoms with Gasteiger partial charge in [0, 0.05) is 37.3 Å². The van der Waals surface area contributed by atoms with Crippen LogP contribution in [0.1, 0.15) is 0 Å². The van der Waals surface area contributed by atoms with E-state index in [9.17, 15) is 0 Å². The Morgan fingerprint density at radius 2 is 1.55 bits per heavy atom. The van der Waals surface area contributed by atoms with Crippen molar-refractivity contribution in [1.29, 1.82) is 0 Å². The normalized spacial score (nSPS) is 11.6. The van der Waals surface area contributed by atoms with Crippen LogP contribution in [0.25, 0.3) is 42.2 Å². The van der Waals surface area contributed by atoms with Crippen molar-refractivity contribution < 1.29 is 0 Å². The molecule has 1 N–H and O–H groups in total. The Morgan fingerprint density at radius 3 is 2.45 bits per heavy atom. The summed E-state index contributed by atoms with van der Waals surface area (Å²) in [7, 11) is 0. The Labute approximate surface area is 131 Å². The molecular weight excluding hydrogens is 286 g/mol. The molecule has 0 saturated heterocycles. The van der Waals surface area contributed by atoms with E-state index in [-0.39, 0.29) is 0 Å². The first-order valence-corrected chi connectivity index (χ1v) is 8.19. The maximum atomic E-state index is 3.32. The Kier molecular flexibility index (Phi) is 2.43. The third-order valence-electron chi connectivity index (χ3n) is 4.25. The minimum Gasteiger partial charge on any atom is -0.361 e. The van der Waals surface area contributed by atoms with Gasteiger partial charge in [0.15, 0.2) is 0 Å². The van der Waals surface area contributed by atoms with Crippen LogP contribution in [0.15, 0.2) is 72.9 Å². The molecule has 1 nitrogen and oxygen atoms in total. The summed E-state index contributed by atoms with van der Waals surface area (Å²) in [6.45, 7) is 0. The third kappa shape index (κ3) is 1.71. The highest BCUT2D eigenvalue weighted by Gasteiger charge is 2.08. The number of hydrogen-bond donors (Lipinski definition) is 1. The summed E-state index contributed by atoms with van der Waals surface area (Å²) in [6, 6.07) is 24.1.